The van der Waals surface area contributed by atoms with E-state index in [4.69, 9.17) is 4.74 Å². The molecule has 1 aromatic heterocycles. The molecule has 27 heavy (non-hydrogen) atoms. The summed E-state index contributed by atoms with van der Waals surface area (Å²) in [6.07, 6.45) is -2.11. The van der Waals surface area contributed by atoms with Crippen molar-refractivity contribution >= 4 is 22.5 Å². The van der Waals surface area contributed by atoms with Crippen LogP contribution >= 0.6 is 0 Å². The number of ether oxygens (including phenoxy) is 1. The van der Waals surface area contributed by atoms with E-state index in [2.05, 4.69) is 10.3 Å². The first-order valence-electron chi connectivity index (χ1n) is 8.42. The molecule has 0 saturated carbocycles. The third kappa shape index (κ3) is 4.42. The topological polar surface area (TPSA) is 54.1 Å². The van der Waals surface area contributed by atoms with Gasteiger partial charge in [-0.1, -0.05) is 12.1 Å². The highest BCUT2D eigenvalue weighted by molar-refractivity contribution is 6.02. The van der Waals surface area contributed by atoms with Crippen LogP contribution in [-0.2, 0) is 17.4 Å². The van der Waals surface area contributed by atoms with Crippen LogP contribution in [0.1, 0.15) is 23.6 Å². The minimum atomic E-state index is -4.33. The Balaban J connectivity index is 1.69. The Kier molecular flexibility index (Phi) is 5.12. The number of anilines is 1. The van der Waals surface area contributed by atoms with Crippen LogP contribution in [0, 0.1) is 6.92 Å². The van der Waals surface area contributed by atoms with Crippen LogP contribution in [-0.4, -0.2) is 17.5 Å². The quantitative estimate of drug-likeness (QED) is 0.653. The molecular weight excluding hydrogens is 357 g/mol. The number of carbonyl (C=O) groups excluding carboxylic acids is 1. The molecule has 7 heteroatoms. The van der Waals surface area contributed by atoms with Gasteiger partial charge in [0.1, 0.15) is 5.75 Å². The lowest BCUT2D eigenvalue weighted by Gasteiger charge is -2.10. The number of aryl methyl sites for hydroxylation is 1. The van der Waals surface area contributed by atoms with Crippen molar-refractivity contribution in [3.8, 4) is 5.75 Å². The first-order valence-corrected chi connectivity index (χ1v) is 8.42. The highest BCUT2D eigenvalue weighted by Gasteiger charge is 2.29. The number of H-pyrrole nitrogens is 1. The fourth-order valence-electron chi connectivity index (χ4n) is 2.90. The minimum Gasteiger partial charge on any atom is -0.493 e. The van der Waals surface area contributed by atoms with E-state index in [1.807, 2.05) is 19.1 Å². The molecule has 1 amide bonds. The second-order valence-electron chi connectivity index (χ2n) is 6.34. The number of amides is 1. The van der Waals surface area contributed by atoms with Crippen LogP contribution in [0.5, 0.6) is 5.75 Å². The second-order valence-corrected chi connectivity index (χ2v) is 6.34. The molecule has 0 aliphatic heterocycles. The lowest BCUT2D eigenvalue weighted by Crippen LogP contribution is -2.06. The third-order valence-electron chi connectivity index (χ3n) is 4.21. The fraction of sp³-hybridized carbons (Fsp3) is 0.250. The third-order valence-corrected chi connectivity index (χ3v) is 4.21. The Bertz CT molecular complexity index is 960. The highest BCUT2D eigenvalue weighted by Crippen LogP contribution is 2.31. The van der Waals surface area contributed by atoms with E-state index >= 15 is 0 Å². The summed E-state index contributed by atoms with van der Waals surface area (Å²) in [5, 5.41) is 3.61. The van der Waals surface area contributed by atoms with E-state index in [9.17, 15) is 18.0 Å². The number of nitrogens with one attached hydrogen (secondary N) is 2. The van der Waals surface area contributed by atoms with Gasteiger partial charge >= 0.3 is 6.18 Å². The van der Waals surface area contributed by atoms with Crippen molar-refractivity contribution in [2.24, 2.45) is 0 Å². The molecule has 0 unspecified atom stereocenters. The maximum Gasteiger partial charge on any atom is 0.416 e. The van der Waals surface area contributed by atoms with E-state index < -0.39 is 11.7 Å². The van der Waals surface area contributed by atoms with Gasteiger partial charge in [0.25, 0.3) is 0 Å². The van der Waals surface area contributed by atoms with Crippen LogP contribution in [0.2, 0.25) is 0 Å². The summed E-state index contributed by atoms with van der Waals surface area (Å²) in [7, 11) is 0. The molecular formula is C20H19F3N2O2. The van der Waals surface area contributed by atoms with Crippen LogP contribution in [0.25, 0.3) is 10.9 Å². The van der Waals surface area contributed by atoms with Crippen LogP contribution in [0.4, 0.5) is 18.9 Å². The molecule has 0 bridgehead atoms. The van der Waals surface area contributed by atoms with Crippen molar-refractivity contribution in [3.05, 3.63) is 59.3 Å². The van der Waals surface area contributed by atoms with E-state index in [1.165, 1.54) is 19.1 Å². The lowest BCUT2D eigenvalue weighted by atomic mass is 10.1. The summed E-state index contributed by atoms with van der Waals surface area (Å²) < 4.78 is 43.5. The van der Waals surface area contributed by atoms with Crippen molar-refractivity contribution in [1.82, 2.24) is 4.98 Å². The number of aromatic nitrogens is 1. The number of hydrogen-bond acceptors (Lipinski definition) is 2. The maximum atomic E-state index is 12.6. The predicted molar refractivity (Wildman–Crippen MR) is 98.0 cm³/mol. The molecule has 0 spiro atoms. The average molecular weight is 376 g/mol. The molecule has 2 N–H and O–H groups in total. The normalized spacial score (nSPS) is 11.6. The molecule has 4 nitrogen and oxygen atoms in total. The first kappa shape index (κ1) is 18.8. The van der Waals surface area contributed by atoms with Crippen molar-refractivity contribution in [2.75, 3.05) is 11.9 Å². The largest absolute Gasteiger partial charge is 0.493 e. The Morgan fingerprint density at radius 1 is 1.19 bits per heavy atom. The van der Waals surface area contributed by atoms with Gasteiger partial charge in [0.2, 0.25) is 5.91 Å². The summed E-state index contributed by atoms with van der Waals surface area (Å²) in [6, 6.07) is 8.78. The number of rotatable bonds is 5. The van der Waals surface area contributed by atoms with Gasteiger partial charge in [0.15, 0.2) is 0 Å². The number of carbonyl (C=O) groups is 1. The maximum absolute atomic E-state index is 12.6. The molecule has 3 rings (SSSR count). The zero-order valence-electron chi connectivity index (χ0n) is 14.9. The van der Waals surface area contributed by atoms with Gasteiger partial charge in [-0.25, -0.2) is 0 Å². The van der Waals surface area contributed by atoms with Gasteiger partial charge in [0, 0.05) is 24.9 Å². The summed E-state index contributed by atoms with van der Waals surface area (Å²) in [5.41, 5.74) is 2.66. The second kappa shape index (κ2) is 7.34. The van der Waals surface area contributed by atoms with Gasteiger partial charge < -0.3 is 15.0 Å². The molecule has 3 aromatic rings. The van der Waals surface area contributed by atoms with Crippen LogP contribution in [0.15, 0.2) is 42.6 Å². The number of benzene rings is 2. The van der Waals surface area contributed by atoms with E-state index in [0.29, 0.717) is 24.5 Å². The summed E-state index contributed by atoms with van der Waals surface area (Å²) >= 11 is 0. The average Bonchev–Trinajstić information content (AvgIpc) is 2.97. The first-order chi connectivity index (χ1) is 12.7. The Morgan fingerprint density at radius 3 is 2.52 bits per heavy atom. The predicted octanol–water partition coefficient (Wildman–Crippen LogP) is 5.08. The SMILES string of the molecule is CC(=O)Nc1c[nH]c2c(C)cc(OCCc3ccc(C(F)(F)F)cc3)cc12. The zero-order chi connectivity index (χ0) is 19.6. The van der Waals surface area contributed by atoms with Crippen LogP contribution in [0.3, 0.4) is 0 Å². The summed E-state index contributed by atoms with van der Waals surface area (Å²) in [6.45, 7) is 3.70. The lowest BCUT2D eigenvalue weighted by molar-refractivity contribution is -0.137. The van der Waals surface area contributed by atoms with Crippen molar-refractivity contribution in [3.63, 3.8) is 0 Å². The molecule has 0 saturated heterocycles. The van der Waals surface area contributed by atoms with Gasteiger partial charge in [0.05, 0.1) is 23.4 Å². The molecule has 0 aliphatic carbocycles. The molecule has 0 atom stereocenters. The van der Waals surface area contributed by atoms with Gasteiger partial charge in [-0.05, 0) is 42.3 Å². The van der Waals surface area contributed by atoms with Crippen LogP contribution < -0.4 is 10.1 Å². The van der Waals surface area contributed by atoms with E-state index in [0.717, 1.165) is 34.2 Å². The molecule has 142 valence electrons. The molecule has 2 aromatic carbocycles. The summed E-state index contributed by atoms with van der Waals surface area (Å²) in [4.78, 5) is 14.4. The van der Waals surface area contributed by atoms with Gasteiger partial charge in [-0.15, -0.1) is 0 Å². The van der Waals surface area contributed by atoms with Crippen molar-refractivity contribution in [1.29, 1.82) is 0 Å². The van der Waals surface area contributed by atoms with Gasteiger partial charge in [-0.3, -0.25) is 4.79 Å². The molecule has 0 radical (unpaired) electrons. The standard InChI is InChI=1S/C20H19F3N2O2/c1-12-9-16(10-17-18(25-13(2)26)11-24-19(12)17)27-8-7-14-3-5-15(6-4-14)20(21,22)23/h3-6,9-11,24H,7-8H2,1-2H3,(H,25,26). The number of fused-ring (bicyclic) bond motifs is 1. The smallest absolute Gasteiger partial charge is 0.416 e. The monoisotopic (exact) mass is 376 g/mol. The Hall–Kier alpha value is -2.96. The minimum absolute atomic E-state index is 0.165. The molecule has 1 heterocycles. The number of halogens is 3. The molecule has 0 fully saturated rings. The highest BCUT2D eigenvalue weighted by atomic mass is 19.4. The molecule has 0 aliphatic rings. The Labute approximate surface area is 154 Å². The zero-order valence-corrected chi connectivity index (χ0v) is 14.9. The van der Waals surface area contributed by atoms with E-state index in [1.54, 1.807) is 6.20 Å². The van der Waals surface area contributed by atoms with Crippen molar-refractivity contribution in [2.45, 2.75) is 26.4 Å². The van der Waals surface area contributed by atoms with Crippen molar-refractivity contribution < 1.29 is 22.7 Å². The fourth-order valence-corrected chi connectivity index (χ4v) is 2.90. The number of aromatic amines is 1. The van der Waals surface area contributed by atoms with Gasteiger partial charge in [-0.2, -0.15) is 13.2 Å². The number of alkyl halides is 3. The summed E-state index contributed by atoms with van der Waals surface area (Å²) in [5.74, 6) is 0.472. The Morgan fingerprint density at radius 2 is 1.89 bits per heavy atom. The number of hydrogen-bond donors (Lipinski definition) is 2. The van der Waals surface area contributed by atoms with E-state index in [-0.39, 0.29) is 5.91 Å².